The summed E-state index contributed by atoms with van der Waals surface area (Å²) in [6.07, 6.45) is 4.47. The highest BCUT2D eigenvalue weighted by Gasteiger charge is 1.97. The summed E-state index contributed by atoms with van der Waals surface area (Å²) in [4.78, 5) is 2.42. The fourth-order valence-corrected chi connectivity index (χ4v) is 1.11. The minimum atomic E-state index is 0. The van der Waals surface area contributed by atoms with E-state index in [0.29, 0.717) is 0 Å². The standard InChI is InChI=1S/C9H19N.ClH/c1-4-7-10(8-5-2)9-6-3;/h4H,1,5-9H2,2-3H3;1H. The summed E-state index contributed by atoms with van der Waals surface area (Å²) in [5.41, 5.74) is 0. The lowest BCUT2D eigenvalue weighted by Crippen LogP contribution is -2.25. The maximum Gasteiger partial charge on any atom is 0.0160 e. The minimum absolute atomic E-state index is 0. The van der Waals surface area contributed by atoms with Gasteiger partial charge in [0.1, 0.15) is 0 Å². The maximum absolute atomic E-state index is 3.72. The van der Waals surface area contributed by atoms with Gasteiger partial charge in [-0.05, 0) is 25.9 Å². The number of hydrogen-bond donors (Lipinski definition) is 0. The predicted molar refractivity (Wildman–Crippen MR) is 54.5 cm³/mol. The quantitative estimate of drug-likeness (QED) is 0.564. The molecule has 0 bridgehead atoms. The van der Waals surface area contributed by atoms with E-state index in [1.807, 2.05) is 6.08 Å². The van der Waals surface area contributed by atoms with E-state index in [1.165, 1.54) is 25.9 Å². The molecule has 68 valence electrons. The van der Waals surface area contributed by atoms with E-state index in [-0.39, 0.29) is 12.4 Å². The van der Waals surface area contributed by atoms with E-state index in [9.17, 15) is 0 Å². The van der Waals surface area contributed by atoms with Crippen molar-refractivity contribution in [1.82, 2.24) is 4.90 Å². The van der Waals surface area contributed by atoms with Crippen molar-refractivity contribution in [3.05, 3.63) is 12.7 Å². The number of hydrogen-bond acceptors (Lipinski definition) is 1. The fraction of sp³-hybridized carbons (Fsp3) is 0.778. The van der Waals surface area contributed by atoms with Gasteiger partial charge in [-0.2, -0.15) is 0 Å². The van der Waals surface area contributed by atoms with Gasteiger partial charge in [0.25, 0.3) is 0 Å². The van der Waals surface area contributed by atoms with Crippen LogP contribution in [0.4, 0.5) is 0 Å². The van der Waals surface area contributed by atoms with Crippen LogP contribution in [0.3, 0.4) is 0 Å². The molecule has 0 aliphatic heterocycles. The molecule has 0 aromatic heterocycles. The van der Waals surface area contributed by atoms with Crippen LogP contribution in [0.15, 0.2) is 12.7 Å². The third-order valence-corrected chi connectivity index (χ3v) is 1.47. The van der Waals surface area contributed by atoms with Gasteiger partial charge in [0.15, 0.2) is 0 Å². The molecule has 0 amide bonds. The first-order chi connectivity index (χ1) is 4.85. The molecule has 0 N–H and O–H groups in total. The fourth-order valence-electron chi connectivity index (χ4n) is 1.11. The van der Waals surface area contributed by atoms with Crippen molar-refractivity contribution < 1.29 is 0 Å². The van der Waals surface area contributed by atoms with Crippen LogP contribution < -0.4 is 0 Å². The zero-order valence-corrected chi connectivity index (χ0v) is 8.49. The molecule has 0 unspecified atom stereocenters. The van der Waals surface area contributed by atoms with Crippen LogP contribution in [0.25, 0.3) is 0 Å². The first kappa shape index (κ1) is 13.6. The molecule has 0 aromatic rings. The molecular formula is C9H20ClN. The van der Waals surface area contributed by atoms with Crippen LogP contribution in [0.1, 0.15) is 26.7 Å². The Hall–Kier alpha value is -0.0100. The van der Waals surface area contributed by atoms with Crippen molar-refractivity contribution in [1.29, 1.82) is 0 Å². The highest BCUT2D eigenvalue weighted by atomic mass is 35.5. The molecule has 0 heterocycles. The number of nitrogens with zero attached hydrogens (tertiary/aromatic N) is 1. The van der Waals surface area contributed by atoms with Gasteiger partial charge in [-0.1, -0.05) is 19.9 Å². The zero-order valence-electron chi connectivity index (χ0n) is 7.68. The third kappa shape index (κ3) is 7.89. The molecule has 0 saturated heterocycles. The van der Waals surface area contributed by atoms with Crippen LogP contribution >= 0.6 is 12.4 Å². The Morgan fingerprint density at radius 3 is 1.91 bits per heavy atom. The van der Waals surface area contributed by atoms with Crippen molar-refractivity contribution in [3.63, 3.8) is 0 Å². The maximum atomic E-state index is 3.72. The van der Waals surface area contributed by atoms with Gasteiger partial charge in [-0.15, -0.1) is 19.0 Å². The summed E-state index contributed by atoms with van der Waals surface area (Å²) >= 11 is 0. The summed E-state index contributed by atoms with van der Waals surface area (Å²) in [7, 11) is 0. The van der Waals surface area contributed by atoms with Crippen molar-refractivity contribution in [2.75, 3.05) is 19.6 Å². The Morgan fingerprint density at radius 1 is 1.18 bits per heavy atom. The van der Waals surface area contributed by atoms with Crippen molar-refractivity contribution >= 4 is 12.4 Å². The molecule has 0 spiro atoms. The van der Waals surface area contributed by atoms with Crippen molar-refractivity contribution in [2.24, 2.45) is 0 Å². The molecule has 1 nitrogen and oxygen atoms in total. The summed E-state index contributed by atoms with van der Waals surface area (Å²) in [5.74, 6) is 0. The molecule has 0 aliphatic carbocycles. The molecule has 11 heavy (non-hydrogen) atoms. The highest BCUT2D eigenvalue weighted by molar-refractivity contribution is 5.85. The predicted octanol–water partition coefficient (Wildman–Crippen LogP) is 2.72. The van der Waals surface area contributed by atoms with E-state index < -0.39 is 0 Å². The van der Waals surface area contributed by atoms with E-state index in [4.69, 9.17) is 0 Å². The Morgan fingerprint density at radius 2 is 1.64 bits per heavy atom. The average molecular weight is 178 g/mol. The molecular weight excluding hydrogens is 158 g/mol. The first-order valence-electron chi connectivity index (χ1n) is 4.18. The summed E-state index contributed by atoms with van der Waals surface area (Å²) in [5, 5.41) is 0. The Balaban J connectivity index is 0. The van der Waals surface area contributed by atoms with Crippen molar-refractivity contribution in [2.45, 2.75) is 26.7 Å². The molecule has 0 fully saturated rings. The van der Waals surface area contributed by atoms with Crippen LogP contribution in [0.2, 0.25) is 0 Å². The third-order valence-electron chi connectivity index (χ3n) is 1.47. The average Bonchev–Trinajstić information content (AvgIpc) is 1.90. The molecule has 0 aromatic carbocycles. The molecule has 2 heteroatoms. The van der Waals surface area contributed by atoms with Crippen LogP contribution in [-0.4, -0.2) is 24.5 Å². The van der Waals surface area contributed by atoms with Gasteiger partial charge in [0, 0.05) is 6.54 Å². The normalized spacial score (nSPS) is 9.36. The summed E-state index contributed by atoms with van der Waals surface area (Å²) < 4.78 is 0. The van der Waals surface area contributed by atoms with Gasteiger partial charge in [0.2, 0.25) is 0 Å². The van der Waals surface area contributed by atoms with Crippen LogP contribution in [-0.2, 0) is 0 Å². The number of halogens is 1. The second kappa shape index (κ2) is 9.99. The van der Waals surface area contributed by atoms with E-state index >= 15 is 0 Å². The monoisotopic (exact) mass is 177 g/mol. The summed E-state index contributed by atoms with van der Waals surface area (Å²) in [6.45, 7) is 11.6. The lowest BCUT2D eigenvalue weighted by molar-refractivity contribution is 0.304. The lowest BCUT2D eigenvalue weighted by Gasteiger charge is -2.18. The largest absolute Gasteiger partial charge is 0.300 e. The highest BCUT2D eigenvalue weighted by Crippen LogP contribution is 1.92. The van der Waals surface area contributed by atoms with E-state index in [0.717, 1.165) is 6.54 Å². The van der Waals surface area contributed by atoms with Gasteiger partial charge in [-0.3, -0.25) is 4.90 Å². The second-order valence-electron chi connectivity index (χ2n) is 2.59. The topological polar surface area (TPSA) is 3.24 Å². The van der Waals surface area contributed by atoms with Gasteiger partial charge >= 0.3 is 0 Å². The molecule has 0 rings (SSSR count). The van der Waals surface area contributed by atoms with E-state index in [2.05, 4.69) is 25.3 Å². The lowest BCUT2D eigenvalue weighted by atomic mass is 10.3. The molecule has 0 radical (unpaired) electrons. The second-order valence-corrected chi connectivity index (χ2v) is 2.59. The Labute approximate surface area is 76.9 Å². The Bertz CT molecular complexity index is 77.6. The van der Waals surface area contributed by atoms with E-state index in [1.54, 1.807) is 0 Å². The Kier molecular flexibility index (Phi) is 12.3. The minimum Gasteiger partial charge on any atom is -0.300 e. The van der Waals surface area contributed by atoms with Gasteiger partial charge in [0.05, 0.1) is 0 Å². The van der Waals surface area contributed by atoms with Crippen molar-refractivity contribution in [3.8, 4) is 0 Å². The molecule has 0 atom stereocenters. The first-order valence-corrected chi connectivity index (χ1v) is 4.18. The number of rotatable bonds is 6. The molecule has 0 aliphatic rings. The summed E-state index contributed by atoms with van der Waals surface area (Å²) in [6, 6.07) is 0. The van der Waals surface area contributed by atoms with Gasteiger partial charge in [-0.25, -0.2) is 0 Å². The van der Waals surface area contributed by atoms with Gasteiger partial charge < -0.3 is 0 Å². The van der Waals surface area contributed by atoms with Crippen LogP contribution in [0, 0.1) is 0 Å². The smallest absolute Gasteiger partial charge is 0.0160 e. The zero-order chi connectivity index (χ0) is 7.82. The SMILES string of the molecule is C=CCN(CCC)CCC.Cl. The molecule has 0 saturated carbocycles. The van der Waals surface area contributed by atoms with Crippen LogP contribution in [0.5, 0.6) is 0 Å².